The fourth-order valence-electron chi connectivity index (χ4n) is 1.64. The largest absolute Gasteiger partial charge is 0.314 e. The van der Waals surface area contributed by atoms with Crippen LogP contribution in [-0.4, -0.2) is 18.2 Å². The van der Waals surface area contributed by atoms with Crippen LogP contribution in [0, 0.1) is 5.82 Å². The molecule has 0 saturated heterocycles. The first kappa shape index (κ1) is 16.5. The van der Waals surface area contributed by atoms with Gasteiger partial charge in [-0.25, -0.2) is 9.37 Å². The zero-order valence-corrected chi connectivity index (χ0v) is 14.2. The summed E-state index contributed by atoms with van der Waals surface area (Å²) in [6.45, 7) is 2.13. The molecule has 1 N–H and O–H groups in total. The van der Waals surface area contributed by atoms with Crippen molar-refractivity contribution in [3.63, 3.8) is 0 Å². The highest BCUT2D eigenvalue weighted by Crippen LogP contribution is 2.48. The lowest BCUT2D eigenvalue weighted by molar-refractivity contribution is 0.271. The average molecular weight is 346 g/mol. The summed E-state index contributed by atoms with van der Waals surface area (Å²) in [4.78, 5) is 4.45. The molecule has 0 aliphatic heterocycles. The monoisotopic (exact) mass is 346 g/mol. The summed E-state index contributed by atoms with van der Waals surface area (Å²) in [6, 6.07) is 6.20. The van der Waals surface area contributed by atoms with Crippen LogP contribution >= 0.6 is 18.0 Å². The van der Waals surface area contributed by atoms with E-state index in [9.17, 15) is 4.39 Å². The van der Waals surface area contributed by atoms with Gasteiger partial charge in [0, 0.05) is 10.9 Å². The summed E-state index contributed by atoms with van der Waals surface area (Å²) in [7, 11) is 0. The minimum atomic E-state index is -2.56. The molecule has 0 aliphatic carbocycles. The Hall–Kier alpha value is -0.850. The fraction of sp³-hybridized carbons (Fsp3) is 0.308. The minimum absolute atomic E-state index is 0.268. The molecule has 2 aromatic rings. The minimum Gasteiger partial charge on any atom is -0.314 e. The van der Waals surface area contributed by atoms with Gasteiger partial charge in [0.25, 0.3) is 6.64 Å². The van der Waals surface area contributed by atoms with Gasteiger partial charge in [0.1, 0.15) is 5.82 Å². The van der Waals surface area contributed by atoms with Crippen LogP contribution in [0.3, 0.4) is 0 Å². The standard InChI is InChI=1S/C13H16FN2O2PS2/c1-3-17-19(20,18-4-2)16-13-15-12(9-21-13)10-5-7-11(14)8-6-10/h5-9H,3-4H2,1-2H3,(H,15,16,20). The number of anilines is 1. The molecule has 1 aromatic carbocycles. The number of aromatic nitrogens is 1. The molecule has 1 aromatic heterocycles. The van der Waals surface area contributed by atoms with E-state index in [-0.39, 0.29) is 5.82 Å². The lowest BCUT2D eigenvalue weighted by Gasteiger charge is -2.20. The van der Waals surface area contributed by atoms with Crippen LogP contribution < -0.4 is 5.09 Å². The summed E-state index contributed by atoms with van der Waals surface area (Å²) in [5.74, 6) is -0.268. The van der Waals surface area contributed by atoms with E-state index in [0.29, 0.717) is 18.3 Å². The Kier molecular flexibility index (Phi) is 5.84. The first-order valence-electron chi connectivity index (χ1n) is 6.45. The predicted octanol–water partition coefficient (Wildman–Crippen LogP) is 4.66. The Morgan fingerprint density at radius 2 is 1.86 bits per heavy atom. The Balaban J connectivity index is 2.15. The van der Waals surface area contributed by atoms with E-state index in [2.05, 4.69) is 10.1 Å². The second-order valence-corrected chi connectivity index (χ2v) is 8.02. The van der Waals surface area contributed by atoms with Crippen molar-refractivity contribution >= 4 is 34.9 Å². The van der Waals surface area contributed by atoms with Crippen molar-refractivity contribution in [3.05, 3.63) is 35.5 Å². The van der Waals surface area contributed by atoms with Crippen LogP contribution in [-0.2, 0) is 20.9 Å². The molecule has 2 rings (SSSR count). The van der Waals surface area contributed by atoms with Crippen LogP contribution in [0.15, 0.2) is 29.6 Å². The van der Waals surface area contributed by atoms with Gasteiger partial charge in [-0.3, -0.25) is 5.09 Å². The molecule has 21 heavy (non-hydrogen) atoms. The smallest absolute Gasteiger partial charge is 0.289 e. The maximum atomic E-state index is 12.9. The van der Waals surface area contributed by atoms with Gasteiger partial charge >= 0.3 is 0 Å². The molecule has 0 saturated carbocycles. The van der Waals surface area contributed by atoms with E-state index in [1.165, 1.54) is 23.5 Å². The van der Waals surface area contributed by atoms with Crippen molar-refractivity contribution in [2.45, 2.75) is 13.8 Å². The first-order chi connectivity index (χ1) is 10.1. The average Bonchev–Trinajstić information content (AvgIpc) is 2.88. The van der Waals surface area contributed by atoms with Crippen LogP contribution in [0.4, 0.5) is 9.52 Å². The zero-order valence-electron chi connectivity index (χ0n) is 11.7. The van der Waals surface area contributed by atoms with E-state index >= 15 is 0 Å². The lowest BCUT2D eigenvalue weighted by atomic mass is 10.2. The van der Waals surface area contributed by atoms with Gasteiger partial charge in [-0.1, -0.05) is 0 Å². The molecule has 0 spiro atoms. The van der Waals surface area contributed by atoms with Crippen LogP contribution in [0.5, 0.6) is 0 Å². The molecule has 1 heterocycles. The third-order valence-corrected chi connectivity index (χ3v) is 5.97. The third-order valence-electron chi connectivity index (χ3n) is 2.47. The van der Waals surface area contributed by atoms with E-state index in [1.807, 2.05) is 19.2 Å². The van der Waals surface area contributed by atoms with Gasteiger partial charge in [-0.2, -0.15) is 0 Å². The number of rotatable bonds is 7. The number of halogens is 1. The molecule has 0 atom stereocenters. The number of thiazole rings is 1. The molecule has 0 radical (unpaired) electrons. The second-order valence-electron chi connectivity index (χ2n) is 3.99. The Bertz CT molecular complexity index is 623. The van der Waals surface area contributed by atoms with E-state index in [4.69, 9.17) is 20.9 Å². The van der Waals surface area contributed by atoms with Gasteiger partial charge < -0.3 is 9.05 Å². The van der Waals surface area contributed by atoms with Crippen LogP contribution in [0.1, 0.15) is 13.8 Å². The summed E-state index contributed by atoms with van der Waals surface area (Å²) in [5, 5.41) is 5.59. The highest BCUT2D eigenvalue weighted by atomic mass is 32.5. The van der Waals surface area contributed by atoms with Crippen molar-refractivity contribution in [1.82, 2.24) is 4.98 Å². The van der Waals surface area contributed by atoms with Crippen LogP contribution in [0.2, 0.25) is 0 Å². The number of nitrogens with one attached hydrogen (secondary N) is 1. The SMILES string of the molecule is CCOP(=S)(Nc1nc(-c2ccc(F)cc2)cs1)OCC. The van der Waals surface area contributed by atoms with Crippen molar-refractivity contribution < 1.29 is 13.4 Å². The van der Waals surface area contributed by atoms with E-state index < -0.39 is 6.64 Å². The summed E-state index contributed by atoms with van der Waals surface area (Å²) in [6.07, 6.45) is 0. The second kappa shape index (κ2) is 7.42. The zero-order chi connectivity index (χ0) is 15.3. The van der Waals surface area contributed by atoms with Crippen molar-refractivity contribution in [1.29, 1.82) is 0 Å². The Labute approximate surface area is 132 Å². The quantitative estimate of drug-likeness (QED) is 0.739. The molecule has 0 fully saturated rings. The predicted molar refractivity (Wildman–Crippen MR) is 88.7 cm³/mol. The fourth-order valence-corrected chi connectivity index (χ4v) is 5.00. The lowest BCUT2D eigenvalue weighted by Crippen LogP contribution is -2.04. The molecule has 0 unspecified atom stereocenters. The van der Waals surface area contributed by atoms with Gasteiger partial charge in [-0.05, 0) is 49.9 Å². The molecule has 0 bridgehead atoms. The maximum absolute atomic E-state index is 12.9. The molecular weight excluding hydrogens is 330 g/mol. The first-order valence-corrected chi connectivity index (χ1v) is 9.97. The van der Waals surface area contributed by atoms with Gasteiger partial charge in [0.05, 0.1) is 18.9 Å². The van der Waals surface area contributed by atoms with Crippen molar-refractivity contribution in [2.24, 2.45) is 0 Å². The highest BCUT2D eigenvalue weighted by Gasteiger charge is 2.19. The molecule has 0 aliphatic rings. The van der Waals surface area contributed by atoms with Gasteiger partial charge in [0.15, 0.2) is 5.13 Å². The molecular formula is C13H16FN2O2PS2. The number of nitrogens with zero attached hydrogens (tertiary/aromatic N) is 1. The Morgan fingerprint density at radius 1 is 1.24 bits per heavy atom. The topological polar surface area (TPSA) is 43.4 Å². The molecule has 114 valence electrons. The summed E-state index contributed by atoms with van der Waals surface area (Å²) < 4.78 is 24.0. The number of hydrogen-bond acceptors (Lipinski definition) is 5. The van der Waals surface area contributed by atoms with E-state index in [0.717, 1.165) is 11.3 Å². The summed E-state index contributed by atoms with van der Waals surface area (Å²) >= 11 is 6.81. The van der Waals surface area contributed by atoms with Crippen molar-refractivity contribution in [3.8, 4) is 11.3 Å². The Morgan fingerprint density at radius 3 is 2.43 bits per heavy atom. The normalized spacial score (nSPS) is 11.6. The summed E-state index contributed by atoms with van der Waals surface area (Å²) in [5.41, 5.74) is 1.61. The van der Waals surface area contributed by atoms with Gasteiger partial charge in [-0.15, -0.1) is 11.3 Å². The third kappa shape index (κ3) is 4.56. The number of hydrogen-bond donors (Lipinski definition) is 1. The van der Waals surface area contributed by atoms with Crippen molar-refractivity contribution in [2.75, 3.05) is 18.3 Å². The molecule has 8 heteroatoms. The maximum Gasteiger partial charge on any atom is 0.289 e. The highest BCUT2D eigenvalue weighted by molar-refractivity contribution is 8.10. The molecule has 4 nitrogen and oxygen atoms in total. The molecule has 0 amide bonds. The van der Waals surface area contributed by atoms with Crippen LogP contribution in [0.25, 0.3) is 11.3 Å². The van der Waals surface area contributed by atoms with E-state index in [1.54, 1.807) is 12.1 Å². The van der Waals surface area contributed by atoms with Gasteiger partial charge in [0.2, 0.25) is 0 Å². The number of benzene rings is 1.